The first-order chi connectivity index (χ1) is 9.93. The van der Waals surface area contributed by atoms with Crippen LogP contribution >= 0.6 is 58.0 Å². The summed E-state index contributed by atoms with van der Waals surface area (Å²) < 4.78 is 5.16. The van der Waals surface area contributed by atoms with Crippen molar-refractivity contribution >= 4 is 58.0 Å². The van der Waals surface area contributed by atoms with E-state index in [4.69, 9.17) is 62.7 Å². The zero-order valence-corrected chi connectivity index (χ0v) is 14.3. The van der Waals surface area contributed by atoms with Gasteiger partial charge in [-0.05, 0) is 0 Å². The SMILES string of the molecule is COc1cncc(-c2c(Cl)c(Cl)c(Cl)c(Cl)c2Cl)c1CO. The molecule has 0 atom stereocenters. The van der Waals surface area contributed by atoms with E-state index in [1.807, 2.05) is 0 Å². The minimum Gasteiger partial charge on any atom is -0.495 e. The average molecular weight is 387 g/mol. The summed E-state index contributed by atoms with van der Waals surface area (Å²) in [6, 6.07) is 0. The van der Waals surface area contributed by atoms with E-state index in [1.54, 1.807) is 0 Å². The number of hydrogen-bond acceptors (Lipinski definition) is 3. The maximum atomic E-state index is 9.58. The summed E-state index contributed by atoms with van der Waals surface area (Å²) in [5.74, 6) is 0.393. The second kappa shape index (κ2) is 6.78. The predicted octanol–water partition coefficient (Wildman–Crippen LogP) is 5.52. The van der Waals surface area contributed by atoms with E-state index in [2.05, 4.69) is 4.98 Å². The minimum absolute atomic E-state index is 0.0680. The second-order valence-electron chi connectivity index (χ2n) is 3.97. The van der Waals surface area contributed by atoms with E-state index < -0.39 is 0 Å². The summed E-state index contributed by atoms with van der Waals surface area (Å²) in [7, 11) is 1.46. The zero-order chi connectivity index (χ0) is 15.7. The van der Waals surface area contributed by atoms with Crippen LogP contribution < -0.4 is 4.74 Å². The molecule has 3 nitrogen and oxygen atoms in total. The number of benzene rings is 1. The molecule has 0 aliphatic rings. The summed E-state index contributed by atoms with van der Waals surface area (Å²) in [4.78, 5) is 4.03. The third-order valence-electron chi connectivity index (χ3n) is 2.88. The Labute approximate surface area is 146 Å². The van der Waals surface area contributed by atoms with E-state index in [1.165, 1.54) is 19.5 Å². The third kappa shape index (κ3) is 2.91. The summed E-state index contributed by atoms with van der Waals surface area (Å²) in [6.07, 6.45) is 2.96. The number of methoxy groups -OCH3 is 1. The summed E-state index contributed by atoms with van der Waals surface area (Å²) in [5.41, 5.74) is 1.27. The molecule has 112 valence electrons. The number of halogens is 5. The highest BCUT2D eigenvalue weighted by molar-refractivity contribution is 6.56. The van der Waals surface area contributed by atoms with E-state index >= 15 is 0 Å². The highest BCUT2D eigenvalue weighted by atomic mass is 35.5. The van der Waals surface area contributed by atoms with Crippen LogP contribution in [0, 0.1) is 0 Å². The van der Waals surface area contributed by atoms with Crippen molar-refractivity contribution in [2.75, 3.05) is 7.11 Å². The Morgan fingerprint density at radius 2 is 1.48 bits per heavy atom. The minimum atomic E-state index is -0.300. The number of hydrogen-bond donors (Lipinski definition) is 1. The Morgan fingerprint density at radius 1 is 0.952 bits per heavy atom. The van der Waals surface area contributed by atoms with E-state index in [9.17, 15) is 5.11 Å². The quantitative estimate of drug-likeness (QED) is 0.557. The molecule has 0 bridgehead atoms. The molecule has 8 heteroatoms. The Bertz CT molecular complexity index is 676. The van der Waals surface area contributed by atoms with E-state index in [0.717, 1.165) is 0 Å². The summed E-state index contributed by atoms with van der Waals surface area (Å²) in [5, 5.41) is 10.1. The smallest absolute Gasteiger partial charge is 0.143 e. The van der Waals surface area contributed by atoms with Gasteiger partial charge in [0.05, 0.1) is 45.0 Å². The molecule has 2 aromatic rings. The van der Waals surface area contributed by atoms with Gasteiger partial charge >= 0.3 is 0 Å². The number of rotatable bonds is 3. The summed E-state index contributed by atoms with van der Waals surface area (Å²) >= 11 is 30.5. The highest BCUT2D eigenvalue weighted by Crippen LogP contribution is 2.49. The molecule has 21 heavy (non-hydrogen) atoms. The number of nitrogens with zero attached hydrogens (tertiary/aromatic N) is 1. The molecule has 0 fully saturated rings. The topological polar surface area (TPSA) is 42.4 Å². The van der Waals surface area contributed by atoms with Crippen LogP contribution in [0.1, 0.15) is 5.56 Å². The lowest BCUT2D eigenvalue weighted by Gasteiger charge is -2.16. The summed E-state index contributed by atoms with van der Waals surface area (Å²) in [6.45, 7) is -0.300. The molecule has 0 amide bonds. The molecule has 1 aromatic carbocycles. The first kappa shape index (κ1) is 16.9. The van der Waals surface area contributed by atoms with Crippen molar-refractivity contribution < 1.29 is 9.84 Å². The van der Waals surface area contributed by atoms with Gasteiger partial charge in [-0.2, -0.15) is 0 Å². The molecule has 1 heterocycles. The highest BCUT2D eigenvalue weighted by Gasteiger charge is 2.23. The second-order valence-corrected chi connectivity index (χ2v) is 5.86. The van der Waals surface area contributed by atoms with Crippen LogP contribution in [0.4, 0.5) is 0 Å². The van der Waals surface area contributed by atoms with Crippen molar-refractivity contribution in [2.24, 2.45) is 0 Å². The third-order valence-corrected chi connectivity index (χ3v) is 5.15. The van der Waals surface area contributed by atoms with Crippen LogP contribution in [-0.4, -0.2) is 17.2 Å². The fourth-order valence-electron chi connectivity index (χ4n) is 1.86. The van der Waals surface area contributed by atoms with Gasteiger partial charge < -0.3 is 9.84 Å². The molecule has 1 N–H and O–H groups in total. The number of aliphatic hydroxyl groups is 1. The molecule has 0 spiro atoms. The van der Waals surface area contributed by atoms with Crippen LogP contribution in [0.2, 0.25) is 25.1 Å². The van der Waals surface area contributed by atoms with Crippen molar-refractivity contribution in [1.82, 2.24) is 4.98 Å². The molecule has 0 saturated carbocycles. The van der Waals surface area contributed by atoms with Gasteiger partial charge in [-0.3, -0.25) is 4.98 Å². The molecule has 0 saturated heterocycles. The van der Waals surface area contributed by atoms with Crippen LogP contribution in [0.3, 0.4) is 0 Å². The largest absolute Gasteiger partial charge is 0.495 e. The van der Waals surface area contributed by atoms with Gasteiger partial charge in [-0.15, -0.1) is 0 Å². The maximum absolute atomic E-state index is 9.58. The van der Waals surface area contributed by atoms with Crippen LogP contribution in [0.5, 0.6) is 5.75 Å². The van der Waals surface area contributed by atoms with Gasteiger partial charge in [0.25, 0.3) is 0 Å². The fraction of sp³-hybridized carbons (Fsp3) is 0.154. The van der Waals surface area contributed by atoms with Gasteiger partial charge in [0.15, 0.2) is 0 Å². The van der Waals surface area contributed by atoms with Crippen molar-refractivity contribution in [3.8, 4) is 16.9 Å². The fourth-order valence-corrected chi connectivity index (χ4v) is 3.21. The first-order valence-corrected chi connectivity index (χ1v) is 7.46. The number of pyridine rings is 1. The van der Waals surface area contributed by atoms with Gasteiger partial charge in [0.1, 0.15) is 5.75 Å². The first-order valence-electron chi connectivity index (χ1n) is 5.57. The Hall–Kier alpha value is -0.420. The Morgan fingerprint density at radius 3 is 1.95 bits per heavy atom. The number of aromatic nitrogens is 1. The number of aliphatic hydroxyl groups excluding tert-OH is 1. The lowest BCUT2D eigenvalue weighted by atomic mass is 10.0. The van der Waals surface area contributed by atoms with Crippen molar-refractivity contribution in [2.45, 2.75) is 6.61 Å². The van der Waals surface area contributed by atoms with Gasteiger partial charge in [0, 0.05) is 22.9 Å². The maximum Gasteiger partial charge on any atom is 0.143 e. The van der Waals surface area contributed by atoms with Crippen LogP contribution in [0.25, 0.3) is 11.1 Å². The van der Waals surface area contributed by atoms with E-state index in [0.29, 0.717) is 22.4 Å². The van der Waals surface area contributed by atoms with Crippen LogP contribution in [0.15, 0.2) is 12.4 Å². The Balaban J connectivity index is 2.86. The van der Waals surface area contributed by atoms with Crippen molar-refractivity contribution in [3.63, 3.8) is 0 Å². The van der Waals surface area contributed by atoms with Gasteiger partial charge in [-0.1, -0.05) is 58.0 Å². The van der Waals surface area contributed by atoms with E-state index in [-0.39, 0.29) is 31.7 Å². The molecular weight excluding hydrogens is 379 g/mol. The zero-order valence-electron chi connectivity index (χ0n) is 10.6. The van der Waals surface area contributed by atoms with Gasteiger partial charge in [-0.25, -0.2) is 0 Å². The van der Waals surface area contributed by atoms with Crippen molar-refractivity contribution in [3.05, 3.63) is 43.1 Å². The molecular formula is C13H8Cl5NO2. The molecule has 0 radical (unpaired) electrons. The predicted molar refractivity (Wildman–Crippen MR) is 87.2 cm³/mol. The Kier molecular flexibility index (Phi) is 5.47. The lowest BCUT2D eigenvalue weighted by molar-refractivity contribution is 0.274. The molecule has 1 aromatic heterocycles. The lowest BCUT2D eigenvalue weighted by Crippen LogP contribution is -1.98. The monoisotopic (exact) mass is 385 g/mol. The normalized spacial score (nSPS) is 10.8. The molecule has 0 aliphatic carbocycles. The van der Waals surface area contributed by atoms with Crippen LogP contribution in [-0.2, 0) is 6.61 Å². The average Bonchev–Trinajstić information content (AvgIpc) is 2.50. The molecule has 0 unspecified atom stereocenters. The molecule has 0 aliphatic heterocycles. The van der Waals surface area contributed by atoms with Gasteiger partial charge in [0.2, 0.25) is 0 Å². The standard InChI is InChI=1S/C13H8Cl5NO2/c1-21-7-3-19-2-5(6(7)4-20)8-9(14)11(16)13(18)12(17)10(8)15/h2-3,20H,4H2,1H3. The number of ether oxygens (including phenoxy) is 1. The molecule has 2 rings (SSSR count). The van der Waals surface area contributed by atoms with Crippen molar-refractivity contribution in [1.29, 1.82) is 0 Å².